The first-order valence-corrected chi connectivity index (χ1v) is 12.1. The molecule has 0 N–H and O–H groups in total. The Kier molecular flexibility index (Phi) is 6.46. The molecule has 0 saturated heterocycles. The Morgan fingerprint density at radius 3 is 2.40 bits per heavy atom. The van der Waals surface area contributed by atoms with Crippen LogP contribution in [0.3, 0.4) is 0 Å². The van der Waals surface area contributed by atoms with Gasteiger partial charge in [-0.25, -0.2) is 0 Å². The van der Waals surface area contributed by atoms with Crippen molar-refractivity contribution in [3.8, 4) is 11.5 Å². The van der Waals surface area contributed by atoms with Crippen LogP contribution in [0.5, 0.6) is 11.5 Å². The highest BCUT2D eigenvalue weighted by atomic mass is 16.5. The number of rotatable bonds is 7. The van der Waals surface area contributed by atoms with Crippen LogP contribution in [0, 0.1) is 0 Å². The van der Waals surface area contributed by atoms with Crippen molar-refractivity contribution in [1.82, 2.24) is 0 Å². The van der Waals surface area contributed by atoms with Gasteiger partial charge >= 0.3 is 0 Å². The van der Waals surface area contributed by atoms with Gasteiger partial charge in [-0.2, -0.15) is 4.58 Å². The normalized spacial score (nSPS) is 19.1. The van der Waals surface area contributed by atoms with Gasteiger partial charge in [0, 0.05) is 47.6 Å². The number of carbonyl (C=O) groups excluding carboxylic acids is 1. The molecule has 2 aromatic carbocycles. The van der Waals surface area contributed by atoms with Crippen molar-refractivity contribution < 1.29 is 18.8 Å². The number of hydrogen-bond acceptors (Lipinski definition) is 4. The molecular formula is C30H35N2O3+. The standard InChI is InChI=1S/C30H35N2O3/c1-8-34-25-18-22-24(19-26(25)35-20-33)32(7)28(30(22,4)5)17-11-9-10-16-27-29(2,3)21-14-12-13-15-23(21)31(27)6/h9-20H,8H2,1-7H3/q+1. The molecule has 0 amide bonds. The van der Waals surface area contributed by atoms with Crippen molar-refractivity contribution in [2.45, 2.75) is 45.4 Å². The Hall–Kier alpha value is -3.60. The van der Waals surface area contributed by atoms with Crippen LogP contribution in [-0.4, -0.2) is 37.5 Å². The third-order valence-corrected chi connectivity index (χ3v) is 7.24. The summed E-state index contributed by atoms with van der Waals surface area (Å²) in [6, 6.07) is 12.5. The van der Waals surface area contributed by atoms with Gasteiger partial charge in [0.05, 0.1) is 12.0 Å². The van der Waals surface area contributed by atoms with Crippen LogP contribution in [0.15, 0.2) is 72.5 Å². The minimum atomic E-state index is -0.228. The van der Waals surface area contributed by atoms with Gasteiger partial charge in [-0.1, -0.05) is 50.3 Å². The molecule has 0 aromatic heterocycles. The average Bonchev–Trinajstić information content (AvgIpc) is 3.13. The van der Waals surface area contributed by atoms with E-state index in [4.69, 9.17) is 9.47 Å². The first-order valence-electron chi connectivity index (χ1n) is 12.1. The van der Waals surface area contributed by atoms with Gasteiger partial charge in [-0.15, -0.1) is 0 Å². The van der Waals surface area contributed by atoms with Crippen LogP contribution in [0.2, 0.25) is 0 Å². The van der Waals surface area contributed by atoms with E-state index >= 15 is 0 Å². The fraction of sp³-hybridized carbons (Fsp3) is 0.333. The summed E-state index contributed by atoms with van der Waals surface area (Å²) in [4.78, 5) is 13.2. The summed E-state index contributed by atoms with van der Waals surface area (Å²) >= 11 is 0. The molecule has 0 spiro atoms. The maximum atomic E-state index is 11.0. The largest absolute Gasteiger partial charge is 0.490 e. The molecule has 0 fully saturated rings. The lowest BCUT2D eigenvalue weighted by Gasteiger charge is -2.23. The van der Waals surface area contributed by atoms with Gasteiger partial charge in [0.25, 0.3) is 6.47 Å². The number of likely N-dealkylation sites (N-methyl/N-ethyl adjacent to an activating group) is 1. The molecule has 4 rings (SSSR count). The van der Waals surface area contributed by atoms with E-state index in [9.17, 15) is 4.79 Å². The maximum absolute atomic E-state index is 11.0. The molecule has 35 heavy (non-hydrogen) atoms. The molecule has 2 aliphatic heterocycles. The Bertz CT molecular complexity index is 1280. The van der Waals surface area contributed by atoms with Crippen molar-refractivity contribution in [3.63, 3.8) is 0 Å². The Balaban J connectivity index is 1.59. The summed E-state index contributed by atoms with van der Waals surface area (Å²) in [5, 5.41) is 0. The second kappa shape index (κ2) is 9.21. The quantitative estimate of drug-likeness (QED) is 0.280. The maximum Gasteiger partial charge on any atom is 0.298 e. The summed E-state index contributed by atoms with van der Waals surface area (Å²) in [6.45, 7) is 11.8. The summed E-state index contributed by atoms with van der Waals surface area (Å²) in [6.07, 6.45) is 10.6. The molecule has 0 saturated carbocycles. The van der Waals surface area contributed by atoms with Crippen LogP contribution in [0.1, 0.15) is 45.7 Å². The zero-order valence-corrected chi connectivity index (χ0v) is 21.8. The van der Waals surface area contributed by atoms with Crippen molar-refractivity contribution in [1.29, 1.82) is 0 Å². The molecule has 0 unspecified atom stereocenters. The van der Waals surface area contributed by atoms with E-state index in [1.54, 1.807) is 0 Å². The number of carbonyl (C=O) groups is 1. The van der Waals surface area contributed by atoms with Gasteiger partial charge in [-0.05, 0) is 38.5 Å². The zero-order valence-electron chi connectivity index (χ0n) is 21.8. The molecule has 5 nitrogen and oxygen atoms in total. The molecule has 0 radical (unpaired) electrons. The molecule has 0 bridgehead atoms. The van der Waals surface area contributed by atoms with Crippen LogP contribution in [0.4, 0.5) is 11.4 Å². The number of allylic oxidation sites excluding steroid dienone is 6. The highest BCUT2D eigenvalue weighted by Crippen LogP contribution is 2.50. The number of ether oxygens (including phenoxy) is 2. The van der Waals surface area contributed by atoms with Gasteiger partial charge in [0.15, 0.2) is 17.2 Å². The van der Waals surface area contributed by atoms with Crippen LogP contribution >= 0.6 is 0 Å². The molecule has 2 aromatic rings. The van der Waals surface area contributed by atoms with E-state index in [2.05, 4.69) is 98.9 Å². The Morgan fingerprint density at radius 2 is 1.71 bits per heavy atom. The van der Waals surface area contributed by atoms with E-state index in [1.807, 2.05) is 26.1 Å². The number of nitrogens with zero attached hydrogens (tertiary/aromatic N) is 2. The minimum Gasteiger partial charge on any atom is -0.490 e. The third-order valence-electron chi connectivity index (χ3n) is 7.24. The summed E-state index contributed by atoms with van der Waals surface area (Å²) in [7, 11) is 4.17. The van der Waals surface area contributed by atoms with Crippen molar-refractivity contribution in [3.05, 3.63) is 83.6 Å². The number of benzene rings is 2. The molecule has 0 atom stereocenters. The fourth-order valence-corrected chi connectivity index (χ4v) is 5.41. The average molecular weight is 472 g/mol. The van der Waals surface area contributed by atoms with Crippen molar-refractivity contribution in [2.24, 2.45) is 0 Å². The van der Waals surface area contributed by atoms with Crippen LogP contribution in [-0.2, 0) is 15.6 Å². The van der Waals surface area contributed by atoms with Crippen LogP contribution in [0.25, 0.3) is 0 Å². The lowest BCUT2D eigenvalue weighted by Crippen LogP contribution is -2.26. The SMILES string of the molecule is CCOc1cc2c(cc1OC=O)N(C)C(=CC=CC=CC1=[N+](C)c3ccccc3C1(C)C)C2(C)C. The monoisotopic (exact) mass is 471 g/mol. The summed E-state index contributed by atoms with van der Waals surface area (Å²) < 4.78 is 13.2. The predicted octanol–water partition coefficient (Wildman–Crippen LogP) is 6.05. The second-order valence-corrected chi connectivity index (χ2v) is 10.0. The first kappa shape index (κ1) is 24.5. The summed E-state index contributed by atoms with van der Waals surface area (Å²) in [5.74, 6) is 1.02. The molecule has 182 valence electrons. The minimum absolute atomic E-state index is 0.0387. The highest BCUT2D eigenvalue weighted by molar-refractivity contribution is 6.03. The highest BCUT2D eigenvalue weighted by Gasteiger charge is 2.42. The Morgan fingerprint density at radius 1 is 0.971 bits per heavy atom. The van der Waals surface area contributed by atoms with E-state index in [0.29, 0.717) is 24.6 Å². The number of anilines is 1. The number of hydrogen-bond donors (Lipinski definition) is 0. The number of para-hydroxylation sites is 1. The molecule has 5 heteroatoms. The first-order chi connectivity index (χ1) is 16.6. The van der Waals surface area contributed by atoms with E-state index in [0.717, 1.165) is 16.9 Å². The molecular weight excluding hydrogens is 436 g/mol. The number of fused-ring (bicyclic) bond motifs is 2. The van der Waals surface area contributed by atoms with Gasteiger partial charge < -0.3 is 14.4 Å². The van der Waals surface area contributed by atoms with Crippen molar-refractivity contribution in [2.75, 3.05) is 25.6 Å². The second-order valence-electron chi connectivity index (χ2n) is 10.0. The zero-order chi connectivity index (χ0) is 25.4. The predicted molar refractivity (Wildman–Crippen MR) is 142 cm³/mol. The fourth-order valence-electron chi connectivity index (χ4n) is 5.41. The van der Waals surface area contributed by atoms with Crippen LogP contribution < -0.4 is 14.4 Å². The van der Waals surface area contributed by atoms with Gasteiger partial charge in [-0.3, -0.25) is 4.79 Å². The smallest absolute Gasteiger partial charge is 0.298 e. The molecule has 2 heterocycles. The topological polar surface area (TPSA) is 41.8 Å². The van der Waals surface area contributed by atoms with Crippen molar-refractivity contribution >= 4 is 23.6 Å². The van der Waals surface area contributed by atoms with E-state index in [1.165, 1.54) is 17.0 Å². The lowest BCUT2D eigenvalue weighted by molar-refractivity contribution is -0.401. The third kappa shape index (κ3) is 4.09. The van der Waals surface area contributed by atoms with Gasteiger partial charge in [0.1, 0.15) is 7.05 Å². The molecule has 2 aliphatic rings. The summed E-state index contributed by atoms with van der Waals surface area (Å²) in [5.41, 5.74) is 6.92. The van der Waals surface area contributed by atoms with E-state index in [-0.39, 0.29) is 10.8 Å². The Labute approximate surface area is 208 Å². The van der Waals surface area contributed by atoms with Gasteiger partial charge in [0.2, 0.25) is 5.69 Å². The molecule has 0 aliphatic carbocycles. The lowest BCUT2D eigenvalue weighted by atomic mass is 9.81. The van der Waals surface area contributed by atoms with E-state index < -0.39 is 0 Å².